The minimum atomic E-state index is -1.78. The molecule has 2 N–H and O–H groups in total. The minimum Gasteiger partial charge on any atom is -0.381 e. The topological polar surface area (TPSA) is 49.7 Å². The van der Waals surface area contributed by atoms with Crippen LogP contribution in [0.3, 0.4) is 0 Å². The summed E-state index contributed by atoms with van der Waals surface area (Å²) in [5, 5.41) is 17.7. The Morgan fingerprint density at radius 3 is 1.38 bits per heavy atom. The molecule has 0 unspecified atom stereocenters. The molecule has 80 valence electrons. The molecular formula is C6H10Cl4O3. The molecule has 0 aromatic rings. The molecule has 0 heterocycles. The lowest BCUT2D eigenvalue weighted by Gasteiger charge is -2.14. The lowest BCUT2D eigenvalue weighted by molar-refractivity contribution is 0.0731. The molecule has 3 nitrogen and oxygen atoms in total. The van der Waals surface area contributed by atoms with E-state index in [1.165, 1.54) is 0 Å². The molecule has 0 fully saturated rings. The molecule has 0 aliphatic carbocycles. The van der Waals surface area contributed by atoms with E-state index < -0.39 is 9.04 Å². The van der Waals surface area contributed by atoms with Crippen LogP contribution in [0.4, 0.5) is 0 Å². The Bertz CT molecular complexity index is 124. The largest absolute Gasteiger partial charge is 0.381 e. The zero-order valence-electron chi connectivity index (χ0n) is 6.64. The molecule has 0 aromatic carbocycles. The van der Waals surface area contributed by atoms with Gasteiger partial charge in [0.2, 0.25) is 9.04 Å². The van der Waals surface area contributed by atoms with Crippen molar-refractivity contribution in [1.82, 2.24) is 0 Å². The minimum absolute atomic E-state index is 0.0686. The van der Waals surface area contributed by atoms with Gasteiger partial charge in [0.25, 0.3) is 0 Å². The summed E-state index contributed by atoms with van der Waals surface area (Å²) in [7, 11) is 0. The highest BCUT2D eigenvalue weighted by molar-refractivity contribution is 6.47. The zero-order valence-corrected chi connectivity index (χ0v) is 9.67. The highest BCUT2D eigenvalue weighted by Crippen LogP contribution is 2.22. The quantitative estimate of drug-likeness (QED) is 0.574. The predicted octanol–water partition coefficient (Wildman–Crippen LogP) is 2.03. The fraction of sp³-hybridized carbons (Fsp3) is 1.00. The Kier molecular flexibility index (Phi) is 6.27. The lowest BCUT2D eigenvalue weighted by Crippen LogP contribution is -2.18. The van der Waals surface area contributed by atoms with Gasteiger partial charge in [-0.05, 0) is 0 Å². The van der Waals surface area contributed by atoms with E-state index in [-0.39, 0.29) is 26.1 Å². The van der Waals surface area contributed by atoms with Crippen molar-refractivity contribution in [2.45, 2.75) is 21.9 Å². The van der Waals surface area contributed by atoms with Crippen LogP contribution < -0.4 is 0 Å². The van der Waals surface area contributed by atoms with E-state index in [2.05, 4.69) is 0 Å². The Balaban J connectivity index is 3.28. The summed E-state index contributed by atoms with van der Waals surface area (Å²) in [5.74, 6) is 0. The van der Waals surface area contributed by atoms with Gasteiger partial charge in [-0.25, -0.2) is 0 Å². The molecule has 0 atom stereocenters. The van der Waals surface area contributed by atoms with Gasteiger partial charge in [0.05, 0.1) is 13.2 Å². The maximum Gasteiger partial charge on any atom is 0.217 e. The highest BCUT2D eigenvalue weighted by Gasteiger charge is 2.20. The first-order chi connectivity index (χ1) is 5.71. The number of hydrogen-bond acceptors (Lipinski definition) is 3. The van der Waals surface area contributed by atoms with Crippen molar-refractivity contribution < 1.29 is 14.9 Å². The van der Waals surface area contributed by atoms with Crippen LogP contribution in [0, 0.1) is 0 Å². The van der Waals surface area contributed by atoms with E-state index in [9.17, 15) is 0 Å². The van der Waals surface area contributed by atoms with Crippen LogP contribution >= 0.6 is 46.4 Å². The Labute approximate surface area is 96.5 Å². The molecule has 0 rings (SSSR count). The van der Waals surface area contributed by atoms with Crippen LogP contribution in [0.15, 0.2) is 0 Å². The number of halogens is 4. The third-order valence-corrected chi connectivity index (χ3v) is 1.85. The molecule has 0 bridgehead atoms. The maximum atomic E-state index is 8.83. The molecule has 13 heavy (non-hydrogen) atoms. The van der Waals surface area contributed by atoms with Crippen molar-refractivity contribution in [3.05, 3.63) is 0 Å². The van der Waals surface area contributed by atoms with E-state index in [0.29, 0.717) is 0 Å². The summed E-state index contributed by atoms with van der Waals surface area (Å²) in [5.41, 5.74) is 0. The smallest absolute Gasteiger partial charge is 0.217 e. The van der Waals surface area contributed by atoms with E-state index in [1.807, 2.05) is 0 Å². The monoisotopic (exact) mass is 270 g/mol. The molecule has 7 heteroatoms. The molecule has 0 aliphatic heterocycles. The summed E-state index contributed by atoms with van der Waals surface area (Å²) < 4.78 is 1.37. The second-order valence-electron chi connectivity index (χ2n) is 2.44. The van der Waals surface area contributed by atoms with Crippen LogP contribution in [0.1, 0.15) is 12.8 Å². The summed E-state index contributed by atoms with van der Waals surface area (Å²) in [4.78, 5) is 0. The molecule has 0 amide bonds. The van der Waals surface area contributed by atoms with Gasteiger partial charge >= 0.3 is 0 Å². The number of hydrogen-bond donors (Lipinski definition) is 2. The molecule has 0 aliphatic rings. The van der Waals surface area contributed by atoms with Gasteiger partial charge in [-0.15, -0.1) is 0 Å². The standard InChI is InChI=1S/C6H10Cl4O3/c7-5(8,11)1-3-13-4-2-6(9,10)12/h11-12H,1-4H2. The van der Waals surface area contributed by atoms with Gasteiger partial charge in [-0.2, -0.15) is 0 Å². The first kappa shape index (κ1) is 14.0. The Hall–Kier alpha value is 1.04. The van der Waals surface area contributed by atoms with Crippen LogP contribution in [0.5, 0.6) is 0 Å². The molecular weight excluding hydrogens is 262 g/mol. The van der Waals surface area contributed by atoms with Crippen molar-refractivity contribution in [3.63, 3.8) is 0 Å². The first-order valence-corrected chi connectivity index (χ1v) is 5.00. The molecule has 0 saturated carbocycles. The van der Waals surface area contributed by atoms with Crippen molar-refractivity contribution in [1.29, 1.82) is 0 Å². The molecule has 0 aromatic heterocycles. The van der Waals surface area contributed by atoms with E-state index >= 15 is 0 Å². The summed E-state index contributed by atoms with van der Waals surface area (Å²) in [6.45, 7) is 0.320. The summed E-state index contributed by atoms with van der Waals surface area (Å²) in [6, 6.07) is 0. The number of rotatable bonds is 6. The van der Waals surface area contributed by atoms with Crippen molar-refractivity contribution in [2.75, 3.05) is 13.2 Å². The number of alkyl halides is 4. The fourth-order valence-electron chi connectivity index (χ4n) is 0.492. The second-order valence-corrected chi connectivity index (χ2v) is 5.33. The van der Waals surface area contributed by atoms with Gasteiger partial charge in [0, 0.05) is 12.8 Å². The van der Waals surface area contributed by atoms with Crippen molar-refractivity contribution >= 4 is 46.4 Å². The van der Waals surface area contributed by atoms with Crippen LogP contribution in [-0.2, 0) is 4.74 Å². The van der Waals surface area contributed by atoms with E-state index in [0.717, 1.165) is 0 Å². The number of aliphatic hydroxyl groups is 2. The van der Waals surface area contributed by atoms with E-state index in [1.54, 1.807) is 0 Å². The summed E-state index contributed by atoms with van der Waals surface area (Å²) >= 11 is 21.0. The van der Waals surface area contributed by atoms with Gasteiger partial charge in [-0.1, -0.05) is 46.4 Å². The predicted molar refractivity (Wildman–Crippen MR) is 53.4 cm³/mol. The zero-order chi connectivity index (χ0) is 10.5. The highest BCUT2D eigenvalue weighted by atomic mass is 35.5. The van der Waals surface area contributed by atoms with Gasteiger partial charge in [-0.3, -0.25) is 0 Å². The SMILES string of the molecule is OC(Cl)(Cl)CCOCCC(O)(Cl)Cl. The normalized spacial score (nSPS) is 13.4. The Morgan fingerprint density at radius 2 is 1.15 bits per heavy atom. The third-order valence-electron chi connectivity index (χ3n) is 1.09. The second kappa shape index (κ2) is 5.81. The van der Waals surface area contributed by atoms with Gasteiger partial charge in [0.1, 0.15) is 0 Å². The van der Waals surface area contributed by atoms with Gasteiger partial charge in [0.15, 0.2) is 0 Å². The van der Waals surface area contributed by atoms with Crippen molar-refractivity contribution in [2.24, 2.45) is 0 Å². The van der Waals surface area contributed by atoms with Gasteiger partial charge < -0.3 is 14.9 Å². The Morgan fingerprint density at radius 1 is 0.846 bits per heavy atom. The summed E-state index contributed by atoms with van der Waals surface area (Å²) in [6.07, 6.45) is 0.137. The van der Waals surface area contributed by atoms with E-state index in [4.69, 9.17) is 61.4 Å². The molecule has 0 saturated heterocycles. The van der Waals surface area contributed by atoms with Crippen LogP contribution in [-0.4, -0.2) is 32.5 Å². The van der Waals surface area contributed by atoms with Crippen LogP contribution in [0.25, 0.3) is 0 Å². The first-order valence-electron chi connectivity index (χ1n) is 3.49. The molecule has 0 radical (unpaired) electrons. The molecule has 0 spiro atoms. The lowest BCUT2D eigenvalue weighted by atomic mass is 10.4. The maximum absolute atomic E-state index is 8.83. The van der Waals surface area contributed by atoms with Crippen LogP contribution in [0.2, 0.25) is 0 Å². The number of ether oxygens (including phenoxy) is 1. The average Bonchev–Trinajstić information content (AvgIpc) is 1.81. The third kappa shape index (κ3) is 13.0. The average molecular weight is 272 g/mol. The van der Waals surface area contributed by atoms with Crippen molar-refractivity contribution in [3.8, 4) is 0 Å². The fourth-order valence-corrected chi connectivity index (χ4v) is 0.801.